The van der Waals surface area contributed by atoms with Gasteiger partial charge in [0.05, 0.1) is 6.42 Å². The van der Waals surface area contributed by atoms with E-state index in [-0.39, 0.29) is 47.4 Å². The maximum atomic E-state index is 13.8. The van der Waals surface area contributed by atoms with Crippen molar-refractivity contribution < 1.29 is 19.2 Å². The Morgan fingerprint density at radius 3 is 2.20 bits per heavy atom. The first-order valence-corrected chi connectivity index (χ1v) is 17.8. The zero-order valence-corrected chi connectivity index (χ0v) is 29.4. The molecule has 0 amide bonds. The number of hydrogen-bond acceptors (Lipinski definition) is 4. The van der Waals surface area contributed by atoms with Crippen molar-refractivity contribution in [1.82, 2.24) is 0 Å². The lowest BCUT2D eigenvalue weighted by atomic mass is 9.71. The molecule has 0 bridgehead atoms. The molecule has 4 unspecified atom stereocenters. The van der Waals surface area contributed by atoms with Crippen LogP contribution in [-0.2, 0) is 33.6 Å². The van der Waals surface area contributed by atoms with Crippen LogP contribution in [0.2, 0.25) is 0 Å². The number of carbonyl (C=O) groups excluding carboxylic acids is 4. The second-order valence-corrected chi connectivity index (χ2v) is 14.1. The van der Waals surface area contributed by atoms with E-state index in [2.05, 4.69) is 71.9 Å². The molecule has 0 radical (unpaired) electrons. The quantitative estimate of drug-likeness (QED) is 0.157. The Kier molecular flexibility index (Phi) is 13.9. The molecule has 4 heteroatoms. The topological polar surface area (TPSA) is 68.3 Å². The molecule has 0 N–H and O–H groups in total. The van der Waals surface area contributed by atoms with E-state index in [9.17, 15) is 19.2 Å². The van der Waals surface area contributed by atoms with Gasteiger partial charge in [-0.3, -0.25) is 19.2 Å². The number of benzene rings is 2. The van der Waals surface area contributed by atoms with Crippen LogP contribution in [0.25, 0.3) is 11.1 Å². The van der Waals surface area contributed by atoms with E-state index in [1.165, 1.54) is 23.6 Å². The Morgan fingerprint density at radius 1 is 0.867 bits per heavy atom. The Labute approximate surface area is 273 Å². The van der Waals surface area contributed by atoms with Crippen LogP contribution in [0.4, 0.5) is 0 Å². The summed E-state index contributed by atoms with van der Waals surface area (Å²) in [5.74, 6) is 1.20. The van der Waals surface area contributed by atoms with E-state index in [1.807, 2.05) is 6.92 Å². The molecule has 1 aliphatic rings. The van der Waals surface area contributed by atoms with Gasteiger partial charge < -0.3 is 0 Å². The van der Waals surface area contributed by atoms with Crippen molar-refractivity contribution in [1.29, 1.82) is 0 Å². The fraction of sp³-hybridized carbons (Fsp3) is 0.610. The SMILES string of the molecule is CCCC(=O)C(CCc1ccc(CC)c(-c2ccc(C)c3c2CC(CC(CCC)C(CC)C(=O)CC(C)=O)CC3=O)c1)C(C)C. The highest BCUT2D eigenvalue weighted by Crippen LogP contribution is 2.41. The van der Waals surface area contributed by atoms with Crippen LogP contribution < -0.4 is 0 Å². The third kappa shape index (κ3) is 9.33. The average Bonchev–Trinajstić information content (AvgIpc) is 2.97. The van der Waals surface area contributed by atoms with Gasteiger partial charge >= 0.3 is 0 Å². The Bertz CT molecular complexity index is 1350. The molecule has 0 saturated carbocycles. The Hall–Kier alpha value is -2.88. The lowest BCUT2D eigenvalue weighted by Crippen LogP contribution is -2.30. The van der Waals surface area contributed by atoms with Crippen molar-refractivity contribution in [2.75, 3.05) is 0 Å². The highest BCUT2D eigenvalue weighted by Gasteiger charge is 2.34. The maximum Gasteiger partial charge on any atom is 0.163 e. The summed E-state index contributed by atoms with van der Waals surface area (Å²) in [5.41, 5.74) is 7.94. The molecular weight excluding hydrogens is 556 g/mol. The van der Waals surface area contributed by atoms with E-state index in [0.717, 1.165) is 80.0 Å². The van der Waals surface area contributed by atoms with E-state index >= 15 is 0 Å². The molecule has 0 fully saturated rings. The number of ketones is 4. The third-order valence-corrected chi connectivity index (χ3v) is 10.2. The predicted molar refractivity (Wildman–Crippen MR) is 186 cm³/mol. The molecule has 0 spiro atoms. The van der Waals surface area contributed by atoms with Crippen LogP contribution in [0, 0.1) is 36.5 Å². The summed E-state index contributed by atoms with van der Waals surface area (Å²) < 4.78 is 0. The monoisotopic (exact) mass is 614 g/mol. The zero-order valence-electron chi connectivity index (χ0n) is 29.4. The van der Waals surface area contributed by atoms with E-state index in [4.69, 9.17) is 0 Å². The second-order valence-electron chi connectivity index (χ2n) is 14.1. The molecule has 1 aliphatic carbocycles. The number of carbonyl (C=O) groups is 4. The van der Waals surface area contributed by atoms with Gasteiger partial charge in [0.1, 0.15) is 17.3 Å². The van der Waals surface area contributed by atoms with Crippen LogP contribution in [0.15, 0.2) is 30.3 Å². The molecule has 0 saturated heterocycles. The fourth-order valence-electron chi connectivity index (χ4n) is 7.95. The molecule has 246 valence electrons. The molecule has 4 atom stereocenters. The normalized spacial score (nSPS) is 16.7. The van der Waals surface area contributed by atoms with Gasteiger partial charge in [-0.15, -0.1) is 0 Å². The molecule has 3 rings (SSSR count). The lowest BCUT2D eigenvalue weighted by molar-refractivity contribution is -0.130. The number of hydrogen-bond donors (Lipinski definition) is 0. The van der Waals surface area contributed by atoms with Crippen molar-refractivity contribution in [3.8, 4) is 11.1 Å². The minimum atomic E-state index is -0.135. The molecular formula is C41H58O4. The van der Waals surface area contributed by atoms with Gasteiger partial charge in [0.15, 0.2) is 5.78 Å². The summed E-state index contributed by atoms with van der Waals surface area (Å²) in [6, 6.07) is 11.1. The Balaban J connectivity index is 1.97. The largest absolute Gasteiger partial charge is 0.300 e. The standard InChI is InChI=1S/C41H58O4/c1-9-13-32(33(12-4)39(44)21-28(8)42)22-30-24-37-35(19-15-27(7)41(37)40(45)25-30)36-23-29(16-18-31(36)11-3)17-20-34(26(5)6)38(43)14-10-2/h15-16,18-19,23,26,30,32-34H,9-14,17,20-22,24-25H2,1-8H3. The van der Waals surface area contributed by atoms with Crippen LogP contribution in [0.1, 0.15) is 139 Å². The van der Waals surface area contributed by atoms with E-state index < -0.39 is 0 Å². The van der Waals surface area contributed by atoms with E-state index in [0.29, 0.717) is 24.5 Å². The summed E-state index contributed by atoms with van der Waals surface area (Å²) in [6.45, 7) is 16.3. The summed E-state index contributed by atoms with van der Waals surface area (Å²) in [7, 11) is 0. The average molecular weight is 615 g/mol. The minimum absolute atomic E-state index is 0.00923. The lowest BCUT2D eigenvalue weighted by Gasteiger charge is -2.33. The van der Waals surface area contributed by atoms with Crippen molar-refractivity contribution in [3.05, 3.63) is 58.1 Å². The van der Waals surface area contributed by atoms with Gasteiger partial charge in [-0.1, -0.05) is 84.7 Å². The third-order valence-electron chi connectivity index (χ3n) is 10.2. The molecule has 0 aromatic heterocycles. The van der Waals surface area contributed by atoms with E-state index in [1.54, 1.807) is 0 Å². The van der Waals surface area contributed by atoms with Crippen molar-refractivity contribution >= 4 is 23.1 Å². The van der Waals surface area contributed by atoms with Crippen LogP contribution in [0.5, 0.6) is 0 Å². The Morgan fingerprint density at radius 2 is 1.60 bits per heavy atom. The highest BCUT2D eigenvalue weighted by molar-refractivity contribution is 6.02. The van der Waals surface area contributed by atoms with Gasteiger partial charge in [-0.2, -0.15) is 0 Å². The van der Waals surface area contributed by atoms with Crippen LogP contribution in [0.3, 0.4) is 0 Å². The molecule has 2 aromatic rings. The van der Waals surface area contributed by atoms with Crippen molar-refractivity contribution in [3.63, 3.8) is 0 Å². The summed E-state index contributed by atoms with van der Waals surface area (Å²) in [4.78, 5) is 51.5. The highest BCUT2D eigenvalue weighted by atomic mass is 16.1. The van der Waals surface area contributed by atoms with Crippen molar-refractivity contribution in [2.45, 2.75) is 132 Å². The number of fused-ring (bicyclic) bond motifs is 1. The number of aryl methyl sites for hydroxylation is 3. The van der Waals surface area contributed by atoms with Crippen molar-refractivity contribution in [2.24, 2.45) is 29.6 Å². The second kappa shape index (κ2) is 17.2. The first kappa shape index (κ1) is 36.6. The van der Waals surface area contributed by atoms with Gasteiger partial charge in [0.2, 0.25) is 0 Å². The molecule has 0 heterocycles. The summed E-state index contributed by atoms with van der Waals surface area (Å²) in [5, 5.41) is 0. The number of Topliss-reactive ketones (excluding diaryl/α,β-unsaturated/α-hetero) is 4. The molecule has 4 nitrogen and oxygen atoms in total. The summed E-state index contributed by atoms with van der Waals surface area (Å²) in [6.07, 6.45) is 8.96. The zero-order chi connectivity index (χ0) is 33.3. The minimum Gasteiger partial charge on any atom is -0.300 e. The van der Waals surface area contributed by atoms with Crippen LogP contribution in [-0.4, -0.2) is 23.1 Å². The number of rotatable bonds is 18. The molecule has 2 aromatic carbocycles. The summed E-state index contributed by atoms with van der Waals surface area (Å²) >= 11 is 0. The van der Waals surface area contributed by atoms with Gasteiger partial charge in [-0.25, -0.2) is 0 Å². The van der Waals surface area contributed by atoms with Gasteiger partial charge in [0.25, 0.3) is 0 Å². The molecule has 0 aliphatic heterocycles. The maximum absolute atomic E-state index is 13.8. The van der Waals surface area contributed by atoms with Gasteiger partial charge in [-0.05, 0) is 110 Å². The van der Waals surface area contributed by atoms with Crippen LogP contribution >= 0.6 is 0 Å². The predicted octanol–water partition coefficient (Wildman–Crippen LogP) is 9.92. The first-order chi connectivity index (χ1) is 21.4. The fourth-order valence-corrected chi connectivity index (χ4v) is 7.95. The smallest absolute Gasteiger partial charge is 0.163 e. The van der Waals surface area contributed by atoms with Gasteiger partial charge in [0, 0.05) is 30.2 Å². The molecule has 45 heavy (non-hydrogen) atoms. The first-order valence-electron chi connectivity index (χ1n) is 17.8.